The Kier molecular flexibility index (Phi) is 3.77. The molecule has 26 heavy (non-hydrogen) atoms. The highest BCUT2D eigenvalue weighted by atomic mass is 16.5. The van der Waals surface area contributed by atoms with Crippen LogP contribution >= 0.6 is 0 Å². The summed E-state index contributed by atoms with van der Waals surface area (Å²) in [6, 6.07) is 17.3. The van der Waals surface area contributed by atoms with Crippen LogP contribution in [0.2, 0.25) is 0 Å². The van der Waals surface area contributed by atoms with E-state index in [-0.39, 0.29) is 17.2 Å². The Balaban J connectivity index is 1.99. The maximum absolute atomic E-state index is 11.8. The summed E-state index contributed by atoms with van der Waals surface area (Å²) in [5.41, 5.74) is 2.55. The van der Waals surface area contributed by atoms with Crippen molar-refractivity contribution in [1.29, 1.82) is 0 Å². The van der Waals surface area contributed by atoms with E-state index in [0.717, 1.165) is 11.1 Å². The van der Waals surface area contributed by atoms with E-state index in [1.54, 1.807) is 37.4 Å². The van der Waals surface area contributed by atoms with Crippen LogP contribution in [0.25, 0.3) is 0 Å². The molecule has 4 rings (SSSR count). The number of ether oxygens (including phenoxy) is 2. The Morgan fingerprint density at radius 3 is 2.38 bits per heavy atom. The molecule has 3 aromatic carbocycles. The van der Waals surface area contributed by atoms with Crippen LogP contribution in [0.4, 0.5) is 0 Å². The van der Waals surface area contributed by atoms with E-state index in [9.17, 15) is 15.0 Å². The fraction of sp³-hybridized carbons (Fsp3) is 0.0952. The molecule has 0 radical (unpaired) electrons. The molecule has 2 N–H and O–H groups in total. The summed E-state index contributed by atoms with van der Waals surface area (Å²) >= 11 is 0. The molecule has 1 atom stereocenters. The normalized spacial score (nSPS) is 14.7. The molecule has 1 aliphatic heterocycles. The minimum Gasteiger partial charge on any atom is -0.508 e. The van der Waals surface area contributed by atoms with Gasteiger partial charge in [0.2, 0.25) is 0 Å². The fourth-order valence-corrected chi connectivity index (χ4v) is 3.38. The number of phenols is 1. The van der Waals surface area contributed by atoms with Crippen LogP contribution in [0.5, 0.6) is 23.0 Å². The van der Waals surface area contributed by atoms with E-state index >= 15 is 0 Å². The van der Waals surface area contributed by atoms with Gasteiger partial charge in [-0.05, 0) is 23.8 Å². The van der Waals surface area contributed by atoms with Crippen LogP contribution in [0.1, 0.15) is 33.0 Å². The van der Waals surface area contributed by atoms with Gasteiger partial charge in [-0.2, -0.15) is 0 Å². The molecule has 0 aliphatic carbocycles. The molecule has 0 unspecified atom stereocenters. The number of hydrogen-bond acceptors (Lipinski definition) is 4. The number of phenolic OH excluding ortho intramolecular Hbond substituents is 1. The van der Waals surface area contributed by atoms with Crippen LogP contribution in [0.3, 0.4) is 0 Å². The highest BCUT2D eigenvalue weighted by Gasteiger charge is 2.31. The number of methoxy groups -OCH3 is 1. The largest absolute Gasteiger partial charge is 0.508 e. The Bertz CT molecular complexity index is 1010. The topological polar surface area (TPSA) is 76.0 Å². The van der Waals surface area contributed by atoms with Crippen molar-refractivity contribution in [2.24, 2.45) is 0 Å². The first kappa shape index (κ1) is 16.0. The molecular formula is C21H16O5. The molecule has 3 aromatic rings. The van der Waals surface area contributed by atoms with Crippen LogP contribution in [-0.4, -0.2) is 23.3 Å². The Morgan fingerprint density at radius 1 is 0.962 bits per heavy atom. The molecule has 0 fully saturated rings. The Morgan fingerprint density at radius 2 is 1.65 bits per heavy atom. The minimum atomic E-state index is -0.984. The molecule has 0 saturated heterocycles. The zero-order chi connectivity index (χ0) is 18.3. The van der Waals surface area contributed by atoms with Gasteiger partial charge < -0.3 is 19.7 Å². The third-order valence-electron chi connectivity index (χ3n) is 4.56. The first-order valence-electron chi connectivity index (χ1n) is 8.09. The number of carbonyl (C=O) groups is 1. The van der Waals surface area contributed by atoms with Gasteiger partial charge >= 0.3 is 5.97 Å². The second kappa shape index (κ2) is 6.11. The van der Waals surface area contributed by atoms with Crippen molar-refractivity contribution in [3.63, 3.8) is 0 Å². The number of aromatic carboxylic acids is 1. The Hall–Kier alpha value is -3.47. The number of benzene rings is 3. The van der Waals surface area contributed by atoms with Crippen molar-refractivity contribution >= 4 is 5.97 Å². The van der Waals surface area contributed by atoms with Gasteiger partial charge in [-0.25, -0.2) is 4.79 Å². The molecule has 5 nitrogen and oxygen atoms in total. The number of carboxylic acid groups (broad SMARTS) is 1. The predicted molar refractivity (Wildman–Crippen MR) is 95.5 cm³/mol. The SMILES string of the molecule is COc1ccc2c(c1)Oc1cc(O)ccc1[C@@H]2c1ccccc1C(=O)O. The summed E-state index contributed by atoms with van der Waals surface area (Å²) in [6.45, 7) is 0. The summed E-state index contributed by atoms with van der Waals surface area (Å²) < 4.78 is 11.2. The maximum atomic E-state index is 11.8. The fourth-order valence-electron chi connectivity index (χ4n) is 3.38. The first-order valence-corrected chi connectivity index (χ1v) is 8.09. The monoisotopic (exact) mass is 348 g/mol. The lowest BCUT2D eigenvalue weighted by Gasteiger charge is -2.29. The van der Waals surface area contributed by atoms with E-state index in [1.165, 1.54) is 6.07 Å². The zero-order valence-electron chi connectivity index (χ0n) is 14.0. The van der Waals surface area contributed by atoms with Crippen LogP contribution in [-0.2, 0) is 0 Å². The summed E-state index contributed by atoms with van der Waals surface area (Å²) in [6.07, 6.45) is 0. The van der Waals surface area contributed by atoms with E-state index in [0.29, 0.717) is 22.8 Å². The lowest BCUT2D eigenvalue weighted by atomic mass is 9.80. The summed E-state index contributed by atoms with van der Waals surface area (Å²) in [4.78, 5) is 11.8. The van der Waals surface area contributed by atoms with E-state index in [2.05, 4.69) is 0 Å². The molecule has 0 aromatic heterocycles. The highest BCUT2D eigenvalue weighted by Crippen LogP contribution is 2.49. The third-order valence-corrected chi connectivity index (χ3v) is 4.56. The summed E-state index contributed by atoms with van der Waals surface area (Å²) in [5.74, 6) is 0.483. The van der Waals surface area contributed by atoms with Crippen molar-refractivity contribution in [2.75, 3.05) is 7.11 Å². The van der Waals surface area contributed by atoms with Gasteiger partial charge in [0.05, 0.1) is 12.7 Å². The molecular weight excluding hydrogens is 332 g/mol. The molecule has 0 amide bonds. The second-order valence-corrected chi connectivity index (χ2v) is 6.05. The first-order chi connectivity index (χ1) is 12.6. The smallest absolute Gasteiger partial charge is 0.335 e. The van der Waals surface area contributed by atoms with E-state index < -0.39 is 5.97 Å². The number of aromatic hydroxyl groups is 1. The maximum Gasteiger partial charge on any atom is 0.335 e. The lowest BCUT2D eigenvalue weighted by molar-refractivity contribution is 0.0695. The van der Waals surface area contributed by atoms with Gasteiger partial charge in [-0.15, -0.1) is 0 Å². The van der Waals surface area contributed by atoms with Gasteiger partial charge in [-0.1, -0.05) is 30.3 Å². The van der Waals surface area contributed by atoms with Crippen molar-refractivity contribution in [3.05, 3.63) is 82.9 Å². The van der Waals surface area contributed by atoms with Gasteiger partial charge in [-0.3, -0.25) is 0 Å². The van der Waals surface area contributed by atoms with Gasteiger partial charge in [0, 0.05) is 29.2 Å². The Labute approximate surface area is 150 Å². The molecule has 0 bridgehead atoms. The summed E-state index contributed by atoms with van der Waals surface area (Å²) in [5, 5.41) is 19.5. The molecule has 1 aliphatic rings. The van der Waals surface area contributed by atoms with Crippen molar-refractivity contribution in [3.8, 4) is 23.0 Å². The number of rotatable bonds is 3. The lowest BCUT2D eigenvalue weighted by Crippen LogP contribution is -2.15. The van der Waals surface area contributed by atoms with E-state index in [1.807, 2.05) is 24.3 Å². The summed E-state index contributed by atoms with van der Waals surface area (Å²) in [7, 11) is 1.57. The zero-order valence-corrected chi connectivity index (χ0v) is 14.0. The van der Waals surface area contributed by atoms with Crippen LogP contribution in [0.15, 0.2) is 60.7 Å². The third kappa shape index (κ3) is 2.54. The highest BCUT2D eigenvalue weighted by molar-refractivity contribution is 5.90. The molecule has 1 heterocycles. The second-order valence-electron chi connectivity index (χ2n) is 6.05. The number of hydrogen-bond donors (Lipinski definition) is 2. The molecule has 0 saturated carbocycles. The van der Waals surface area contributed by atoms with Crippen LogP contribution < -0.4 is 9.47 Å². The standard InChI is InChI=1S/C21H16O5/c1-25-13-7-9-17-19(11-13)26-18-10-12(22)6-8-16(18)20(17)14-4-2-3-5-15(14)21(23)24/h2-11,20,22H,1H3,(H,23,24)/t20-/m0/s1. The molecule has 5 heteroatoms. The minimum absolute atomic E-state index is 0.0837. The van der Waals surface area contributed by atoms with Crippen molar-refractivity contribution < 1.29 is 24.5 Å². The average Bonchev–Trinajstić information content (AvgIpc) is 2.65. The van der Waals surface area contributed by atoms with Crippen LogP contribution in [0, 0.1) is 0 Å². The van der Waals surface area contributed by atoms with Crippen molar-refractivity contribution in [1.82, 2.24) is 0 Å². The molecule has 130 valence electrons. The quantitative estimate of drug-likeness (QED) is 0.574. The predicted octanol–water partition coefficient (Wildman–Crippen LogP) is 4.38. The number of fused-ring (bicyclic) bond motifs is 2. The molecule has 0 spiro atoms. The average molecular weight is 348 g/mol. The van der Waals surface area contributed by atoms with E-state index in [4.69, 9.17) is 9.47 Å². The van der Waals surface area contributed by atoms with Gasteiger partial charge in [0.1, 0.15) is 23.0 Å². The van der Waals surface area contributed by atoms with Crippen molar-refractivity contribution in [2.45, 2.75) is 5.92 Å². The van der Waals surface area contributed by atoms with Gasteiger partial charge in [0.15, 0.2) is 0 Å². The number of carboxylic acids is 1. The van der Waals surface area contributed by atoms with Gasteiger partial charge in [0.25, 0.3) is 0 Å².